The van der Waals surface area contributed by atoms with Gasteiger partial charge in [0.1, 0.15) is 0 Å². The van der Waals surface area contributed by atoms with Crippen LogP contribution in [0.25, 0.3) is 0 Å². The summed E-state index contributed by atoms with van der Waals surface area (Å²) in [6, 6.07) is 0. The molecule has 1 nitrogen and oxygen atoms in total. The van der Waals surface area contributed by atoms with Gasteiger partial charge >= 0.3 is 0 Å². The molecule has 2 fully saturated rings. The lowest BCUT2D eigenvalue weighted by Crippen LogP contribution is -2.39. The highest BCUT2D eigenvalue weighted by atomic mass is 15.1. The van der Waals surface area contributed by atoms with Crippen LogP contribution in [0.3, 0.4) is 0 Å². The molecule has 2 aliphatic rings. The SMILES string of the molecule is CCCN1CCC2(CCC(C)C2)CC1. The van der Waals surface area contributed by atoms with Crippen molar-refractivity contribution in [1.29, 1.82) is 0 Å². The summed E-state index contributed by atoms with van der Waals surface area (Å²) in [6.07, 6.45) is 8.83. The molecule has 1 atom stereocenters. The summed E-state index contributed by atoms with van der Waals surface area (Å²) in [4.78, 5) is 2.66. The molecular weight excluding hydrogens is 170 g/mol. The van der Waals surface area contributed by atoms with Crippen LogP contribution in [0.5, 0.6) is 0 Å². The van der Waals surface area contributed by atoms with E-state index in [1.54, 1.807) is 0 Å². The molecule has 82 valence electrons. The Morgan fingerprint density at radius 3 is 2.43 bits per heavy atom. The maximum Gasteiger partial charge on any atom is -0.00134 e. The Balaban J connectivity index is 1.83. The van der Waals surface area contributed by atoms with Gasteiger partial charge in [-0.3, -0.25) is 0 Å². The average molecular weight is 195 g/mol. The summed E-state index contributed by atoms with van der Waals surface area (Å²) in [6.45, 7) is 8.81. The molecule has 0 amide bonds. The van der Waals surface area contributed by atoms with Gasteiger partial charge in [0.25, 0.3) is 0 Å². The van der Waals surface area contributed by atoms with Gasteiger partial charge < -0.3 is 4.90 Å². The zero-order chi connectivity index (χ0) is 10.0. The first kappa shape index (κ1) is 10.5. The number of rotatable bonds is 2. The Kier molecular flexibility index (Phi) is 3.16. The van der Waals surface area contributed by atoms with Crippen molar-refractivity contribution in [3.05, 3.63) is 0 Å². The first-order valence-electron chi connectivity index (χ1n) is 6.46. The van der Waals surface area contributed by atoms with Gasteiger partial charge in [0.05, 0.1) is 0 Å². The van der Waals surface area contributed by atoms with Gasteiger partial charge in [-0.1, -0.05) is 20.3 Å². The van der Waals surface area contributed by atoms with Crippen molar-refractivity contribution < 1.29 is 0 Å². The highest BCUT2D eigenvalue weighted by Gasteiger charge is 2.39. The summed E-state index contributed by atoms with van der Waals surface area (Å²) in [5, 5.41) is 0. The normalized spacial score (nSPS) is 32.6. The van der Waals surface area contributed by atoms with E-state index in [0.29, 0.717) is 0 Å². The van der Waals surface area contributed by atoms with Crippen LogP contribution in [0.15, 0.2) is 0 Å². The number of likely N-dealkylation sites (tertiary alicyclic amines) is 1. The van der Waals surface area contributed by atoms with Crippen LogP contribution in [0.4, 0.5) is 0 Å². The molecule has 0 bridgehead atoms. The molecule has 1 spiro atoms. The Labute approximate surface area is 88.9 Å². The molecule has 0 aromatic carbocycles. The van der Waals surface area contributed by atoms with E-state index in [9.17, 15) is 0 Å². The molecule has 0 radical (unpaired) electrons. The van der Waals surface area contributed by atoms with Crippen LogP contribution in [0.2, 0.25) is 0 Å². The Morgan fingerprint density at radius 2 is 1.93 bits per heavy atom. The fraction of sp³-hybridized carbons (Fsp3) is 1.00. The van der Waals surface area contributed by atoms with E-state index < -0.39 is 0 Å². The minimum Gasteiger partial charge on any atom is -0.303 e. The smallest absolute Gasteiger partial charge is 0.00134 e. The molecule has 0 N–H and O–H groups in total. The number of hydrogen-bond acceptors (Lipinski definition) is 1. The second-order valence-corrected chi connectivity index (χ2v) is 5.69. The van der Waals surface area contributed by atoms with Crippen molar-refractivity contribution in [2.24, 2.45) is 11.3 Å². The van der Waals surface area contributed by atoms with Crippen molar-refractivity contribution in [1.82, 2.24) is 4.90 Å². The lowest BCUT2D eigenvalue weighted by molar-refractivity contribution is 0.106. The minimum absolute atomic E-state index is 0.781. The Morgan fingerprint density at radius 1 is 1.21 bits per heavy atom. The second-order valence-electron chi connectivity index (χ2n) is 5.69. The van der Waals surface area contributed by atoms with Crippen LogP contribution in [0.1, 0.15) is 52.4 Å². The third-order valence-electron chi connectivity index (χ3n) is 4.41. The molecule has 1 heterocycles. The van der Waals surface area contributed by atoms with E-state index in [4.69, 9.17) is 0 Å². The summed E-state index contributed by atoms with van der Waals surface area (Å²) < 4.78 is 0. The van der Waals surface area contributed by atoms with Crippen LogP contribution < -0.4 is 0 Å². The van der Waals surface area contributed by atoms with Gasteiger partial charge in [0.15, 0.2) is 0 Å². The van der Waals surface area contributed by atoms with Gasteiger partial charge in [-0.25, -0.2) is 0 Å². The van der Waals surface area contributed by atoms with E-state index in [1.807, 2.05) is 0 Å². The van der Waals surface area contributed by atoms with Gasteiger partial charge in [-0.05, 0) is 63.1 Å². The molecular formula is C13H25N. The highest BCUT2D eigenvalue weighted by Crippen LogP contribution is 2.48. The fourth-order valence-corrected chi connectivity index (χ4v) is 3.52. The lowest BCUT2D eigenvalue weighted by atomic mass is 9.76. The Bertz CT molecular complexity index is 180. The maximum absolute atomic E-state index is 2.66. The molecule has 1 heteroatoms. The standard InChI is InChI=1S/C13H25N/c1-3-8-14-9-6-13(7-10-14)5-4-12(2)11-13/h12H,3-11H2,1-2H3. The van der Waals surface area contributed by atoms with Crippen molar-refractivity contribution >= 4 is 0 Å². The summed E-state index contributed by atoms with van der Waals surface area (Å²) in [5.74, 6) is 1.01. The molecule has 1 saturated heterocycles. The predicted octanol–water partition coefficient (Wildman–Crippen LogP) is 3.30. The predicted molar refractivity (Wildman–Crippen MR) is 61.4 cm³/mol. The van der Waals surface area contributed by atoms with Crippen molar-refractivity contribution in [2.75, 3.05) is 19.6 Å². The molecule has 1 saturated carbocycles. The van der Waals surface area contributed by atoms with Crippen molar-refractivity contribution in [3.8, 4) is 0 Å². The average Bonchev–Trinajstić information content (AvgIpc) is 2.53. The van der Waals surface area contributed by atoms with Crippen molar-refractivity contribution in [3.63, 3.8) is 0 Å². The molecule has 14 heavy (non-hydrogen) atoms. The zero-order valence-corrected chi connectivity index (χ0v) is 9.89. The summed E-state index contributed by atoms with van der Waals surface area (Å²) in [7, 11) is 0. The van der Waals surface area contributed by atoms with Crippen molar-refractivity contribution in [2.45, 2.75) is 52.4 Å². The highest BCUT2D eigenvalue weighted by molar-refractivity contribution is 4.91. The quantitative estimate of drug-likeness (QED) is 0.653. The number of nitrogens with zero attached hydrogens (tertiary/aromatic N) is 1. The van der Waals surface area contributed by atoms with Crippen LogP contribution in [0, 0.1) is 11.3 Å². The monoisotopic (exact) mass is 195 g/mol. The van der Waals surface area contributed by atoms with E-state index >= 15 is 0 Å². The first-order valence-corrected chi connectivity index (χ1v) is 6.46. The number of piperidine rings is 1. The number of hydrogen-bond donors (Lipinski definition) is 0. The summed E-state index contributed by atoms with van der Waals surface area (Å²) in [5.41, 5.74) is 0.781. The van der Waals surface area contributed by atoms with Gasteiger partial charge in [-0.2, -0.15) is 0 Å². The van der Waals surface area contributed by atoms with Crippen LogP contribution >= 0.6 is 0 Å². The first-order chi connectivity index (χ1) is 6.74. The zero-order valence-electron chi connectivity index (χ0n) is 9.89. The van der Waals surface area contributed by atoms with E-state index in [1.165, 1.54) is 58.2 Å². The second kappa shape index (κ2) is 4.22. The lowest BCUT2D eigenvalue weighted by Gasteiger charge is -2.39. The van der Waals surface area contributed by atoms with Gasteiger partial charge in [0.2, 0.25) is 0 Å². The third kappa shape index (κ3) is 2.13. The molecule has 1 unspecified atom stereocenters. The minimum atomic E-state index is 0.781. The van der Waals surface area contributed by atoms with E-state index in [2.05, 4.69) is 18.7 Å². The largest absolute Gasteiger partial charge is 0.303 e. The topological polar surface area (TPSA) is 3.24 Å². The molecule has 1 aliphatic carbocycles. The maximum atomic E-state index is 2.66. The van der Waals surface area contributed by atoms with Gasteiger partial charge in [0, 0.05) is 0 Å². The Hall–Kier alpha value is -0.0400. The summed E-state index contributed by atoms with van der Waals surface area (Å²) >= 11 is 0. The third-order valence-corrected chi connectivity index (χ3v) is 4.41. The van der Waals surface area contributed by atoms with Crippen LogP contribution in [-0.4, -0.2) is 24.5 Å². The molecule has 2 rings (SSSR count). The molecule has 0 aromatic heterocycles. The van der Waals surface area contributed by atoms with Crippen LogP contribution in [-0.2, 0) is 0 Å². The van der Waals surface area contributed by atoms with E-state index in [-0.39, 0.29) is 0 Å². The van der Waals surface area contributed by atoms with Gasteiger partial charge in [-0.15, -0.1) is 0 Å². The molecule has 0 aromatic rings. The van der Waals surface area contributed by atoms with E-state index in [0.717, 1.165) is 11.3 Å². The fourth-order valence-electron chi connectivity index (χ4n) is 3.52. The molecule has 1 aliphatic heterocycles.